The van der Waals surface area contributed by atoms with Crippen molar-refractivity contribution >= 4 is 44.5 Å². The molecule has 2 aromatic carbocycles. The van der Waals surface area contributed by atoms with Crippen molar-refractivity contribution < 1.29 is 0 Å². The van der Waals surface area contributed by atoms with E-state index in [9.17, 15) is 0 Å². The molecular formula is C26H25NS2. The van der Waals surface area contributed by atoms with E-state index in [1.54, 1.807) is 11.3 Å². The second kappa shape index (κ2) is 8.17. The van der Waals surface area contributed by atoms with Crippen molar-refractivity contribution in [1.29, 1.82) is 0 Å². The zero-order chi connectivity index (χ0) is 19.6. The molecule has 0 saturated heterocycles. The van der Waals surface area contributed by atoms with Crippen LogP contribution in [-0.2, 0) is 6.42 Å². The predicted molar refractivity (Wildman–Crippen MR) is 130 cm³/mol. The van der Waals surface area contributed by atoms with E-state index in [-0.39, 0.29) is 0 Å². The number of H-pyrrole nitrogens is 1. The van der Waals surface area contributed by atoms with E-state index < -0.39 is 0 Å². The Morgan fingerprint density at radius 1 is 0.793 bits per heavy atom. The highest BCUT2D eigenvalue weighted by molar-refractivity contribution is 7.13. The molecule has 0 atom stereocenters. The molecule has 5 aromatic rings. The Bertz CT molecular complexity index is 1230. The molecule has 3 heteroatoms. The normalized spacial score (nSPS) is 11.6. The van der Waals surface area contributed by atoms with Crippen LogP contribution in [0.3, 0.4) is 0 Å². The molecule has 0 fully saturated rings. The Hall–Kier alpha value is -2.36. The first-order valence-electron chi connectivity index (χ1n) is 10.5. The maximum Gasteiger partial charge on any atom is 0.0503 e. The van der Waals surface area contributed by atoms with E-state index >= 15 is 0 Å². The van der Waals surface area contributed by atoms with Gasteiger partial charge in [-0.2, -0.15) is 0 Å². The minimum Gasteiger partial charge on any atom is -0.354 e. The molecule has 0 radical (unpaired) electrons. The first-order valence-corrected chi connectivity index (χ1v) is 12.3. The lowest BCUT2D eigenvalue weighted by atomic mass is 9.96. The molecular weight excluding hydrogens is 390 g/mol. The van der Waals surface area contributed by atoms with Gasteiger partial charge in [0, 0.05) is 26.0 Å². The molecule has 0 saturated carbocycles. The molecule has 1 N–H and O–H groups in total. The summed E-state index contributed by atoms with van der Waals surface area (Å²) in [5.41, 5.74) is 6.74. The van der Waals surface area contributed by atoms with Crippen molar-refractivity contribution in [3.05, 3.63) is 70.9 Å². The van der Waals surface area contributed by atoms with Crippen LogP contribution in [0.1, 0.15) is 38.2 Å². The zero-order valence-electron chi connectivity index (χ0n) is 16.7. The molecule has 0 bridgehead atoms. The van der Waals surface area contributed by atoms with E-state index in [1.807, 2.05) is 11.3 Å². The predicted octanol–water partition coefficient (Wildman–Crippen LogP) is 8.90. The van der Waals surface area contributed by atoms with Gasteiger partial charge in [-0.05, 0) is 58.5 Å². The first-order chi connectivity index (χ1) is 14.3. The summed E-state index contributed by atoms with van der Waals surface area (Å²) in [4.78, 5) is 6.50. The van der Waals surface area contributed by atoms with Crippen LogP contribution in [0.4, 0.5) is 0 Å². The minimum absolute atomic E-state index is 1.13. The van der Waals surface area contributed by atoms with Gasteiger partial charge in [0.05, 0.1) is 5.52 Å². The number of aryl methyl sites for hydroxylation is 1. The fraction of sp³-hybridized carbons (Fsp3) is 0.231. The standard InChI is InChI=1S/C26H25NS2/c1-2-3-4-5-8-21-20(25-10-7-16-29-25)13-14-22-19-12-11-18(24-9-6-15-28-24)17-23(19)27-26(21)22/h6-7,9-17,27H,2-5,8H2,1H3. The van der Waals surface area contributed by atoms with E-state index in [0.29, 0.717) is 0 Å². The Labute approximate surface area is 180 Å². The summed E-state index contributed by atoms with van der Waals surface area (Å²) in [6, 6.07) is 20.2. The molecule has 5 rings (SSSR count). The number of thiophene rings is 2. The fourth-order valence-corrected chi connectivity index (χ4v) is 5.78. The van der Waals surface area contributed by atoms with Gasteiger partial charge < -0.3 is 4.98 Å². The van der Waals surface area contributed by atoms with Crippen LogP contribution >= 0.6 is 22.7 Å². The van der Waals surface area contributed by atoms with Crippen molar-refractivity contribution in [2.75, 3.05) is 0 Å². The van der Waals surface area contributed by atoms with Gasteiger partial charge in [0.15, 0.2) is 0 Å². The first kappa shape index (κ1) is 18.7. The van der Waals surface area contributed by atoms with Gasteiger partial charge in [0.1, 0.15) is 0 Å². The molecule has 3 aromatic heterocycles. The topological polar surface area (TPSA) is 15.8 Å². The summed E-state index contributed by atoms with van der Waals surface area (Å²) in [6.45, 7) is 2.28. The van der Waals surface area contributed by atoms with E-state index in [4.69, 9.17) is 0 Å². The number of aromatic amines is 1. The average Bonchev–Trinajstić information content (AvgIpc) is 3.51. The third-order valence-electron chi connectivity index (χ3n) is 5.75. The van der Waals surface area contributed by atoms with Gasteiger partial charge in [-0.1, -0.05) is 62.6 Å². The summed E-state index contributed by atoms with van der Waals surface area (Å²) in [7, 11) is 0. The lowest BCUT2D eigenvalue weighted by Crippen LogP contribution is -1.92. The van der Waals surface area contributed by atoms with Gasteiger partial charge in [0.25, 0.3) is 0 Å². The number of benzene rings is 2. The zero-order valence-corrected chi connectivity index (χ0v) is 18.3. The average molecular weight is 416 g/mol. The SMILES string of the molecule is CCCCCCc1c(-c2cccs2)ccc2c1[nH]c1cc(-c3cccs3)ccc12. The number of nitrogens with one attached hydrogen (secondary N) is 1. The third kappa shape index (κ3) is 3.54. The van der Waals surface area contributed by atoms with Crippen molar-refractivity contribution in [3.63, 3.8) is 0 Å². The molecule has 146 valence electrons. The second-order valence-corrected chi connectivity index (χ2v) is 9.56. The van der Waals surface area contributed by atoms with Gasteiger partial charge in [0.2, 0.25) is 0 Å². The maximum atomic E-state index is 3.80. The van der Waals surface area contributed by atoms with Crippen molar-refractivity contribution in [2.24, 2.45) is 0 Å². The summed E-state index contributed by atoms with van der Waals surface area (Å²) >= 11 is 3.64. The van der Waals surface area contributed by atoms with Crippen molar-refractivity contribution in [3.8, 4) is 20.9 Å². The summed E-state index contributed by atoms with van der Waals surface area (Å²) in [6.07, 6.45) is 6.29. The van der Waals surface area contributed by atoms with Gasteiger partial charge >= 0.3 is 0 Å². The smallest absolute Gasteiger partial charge is 0.0503 e. The van der Waals surface area contributed by atoms with Gasteiger partial charge in [-0.25, -0.2) is 0 Å². The third-order valence-corrected chi connectivity index (χ3v) is 7.58. The monoisotopic (exact) mass is 415 g/mol. The van der Waals surface area contributed by atoms with Crippen molar-refractivity contribution in [1.82, 2.24) is 4.98 Å². The van der Waals surface area contributed by atoms with E-state index in [0.717, 1.165) is 6.42 Å². The number of hydrogen-bond donors (Lipinski definition) is 1. The van der Waals surface area contributed by atoms with Crippen molar-refractivity contribution in [2.45, 2.75) is 39.0 Å². The maximum absolute atomic E-state index is 3.80. The number of hydrogen-bond acceptors (Lipinski definition) is 2. The summed E-state index contributed by atoms with van der Waals surface area (Å²) in [5.74, 6) is 0. The Morgan fingerprint density at radius 3 is 2.34 bits per heavy atom. The molecule has 3 heterocycles. The molecule has 0 spiro atoms. The highest BCUT2D eigenvalue weighted by Gasteiger charge is 2.15. The summed E-state index contributed by atoms with van der Waals surface area (Å²) < 4.78 is 0. The van der Waals surface area contributed by atoms with Crippen LogP contribution in [-0.4, -0.2) is 4.98 Å². The molecule has 1 nitrogen and oxygen atoms in total. The van der Waals surface area contributed by atoms with Crippen LogP contribution in [0.5, 0.6) is 0 Å². The second-order valence-electron chi connectivity index (χ2n) is 7.66. The molecule has 0 unspecified atom stereocenters. The van der Waals surface area contributed by atoms with Crippen LogP contribution in [0.25, 0.3) is 42.7 Å². The Balaban J connectivity index is 1.65. The number of aromatic nitrogens is 1. The van der Waals surface area contributed by atoms with Crippen LogP contribution in [0, 0.1) is 0 Å². The fourth-order valence-electron chi connectivity index (χ4n) is 4.28. The molecule has 0 aliphatic rings. The highest BCUT2D eigenvalue weighted by atomic mass is 32.1. The molecule has 0 aliphatic heterocycles. The number of unbranched alkanes of at least 4 members (excludes halogenated alkanes) is 3. The molecule has 0 aliphatic carbocycles. The van der Waals surface area contributed by atoms with Gasteiger partial charge in [-0.3, -0.25) is 0 Å². The highest BCUT2D eigenvalue weighted by Crippen LogP contribution is 2.38. The number of fused-ring (bicyclic) bond motifs is 3. The largest absolute Gasteiger partial charge is 0.354 e. The Kier molecular flexibility index (Phi) is 5.26. The summed E-state index contributed by atoms with van der Waals surface area (Å²) in [5, 5.41) is 7.00. The van der Waals surface area contributed by atoms with Crippen LogP contribution in [0.2, 0.25) is 0 Å². The van der Waals surface area contributed by atoms with Crippen LogP contribution in [0.15, 0.2) is 65.4 Å². The van der Waals surface area contributed by atoms with E-state index in [1.165, 1.54) is 73.9 Å². The minimum atomic E-state index is 1.13. The Morgan fingerprint density at radius 2 is 1.59 bits per heavy atom. The molecule has 29 heavy (non-hydrogen) atoms. The van der Waals surface area contributed by atoms with E-state index in [2.05, 4.69) is 77.3 Å². The lowest BCUT2D eigenvalue weighted by Gasteiger charge is -2.10. The number of rotatable bonds is 7. The van der Waals surface area contributed by atoms with Crippen LogP contribution < -0.4 is 0 Å². The van der Waals surface area contributed by atoms with Gasteiger partial charge in [-0.15, -0.1) is 22.7 Å². The quantitative estimate of drug-likeness (QED) is 0.255. The molecule has 0 amide bonds. The lowest BCUT2D eigenvalue weighted by molar-refractivity contribution is 0.668.